The molecule has 186 valence electrons. The summed E-state index contributed by atoms with van der Waals surface area (Å²) < 4.78 is 0. The van der Waals surface area contributed by atoms with Crippen LogP contribution in [0.25, 0.3) is 6.08 Å². The van der Waals surface area contributed by atoms with Crippen molar-refractivity contribution in [3.05, 3.63) is 120 Å². The lowest BCUT2D eigenvalue weighted by Gasteiger charge is -2.30. The monoisotopic (exact) mass is 499 g/mol. The van der Waals surface area contributed by atoms with Gasteiger partial charge in [0.05, 0.1) is 32.2 Å². The van der Waals surface area contributed by atoms with E-state index in [1.54, 1.807) is 36.4 Å². The van der Waals surface area contributed by atoms with E-state index in [1.807, 2.05) is 11.1 Å². The second-order valence-electron chi connectivity index (χ2n) is 8.91. The van der Waals surface area contributed by atoms with E-state index >= 15 is 0 Å². The van der Waals surface area contributed by atoms with Crippen LogP contribution in [-0.2, 0) is 0 Å². The van der Waals surface area contributed by atoms with E-state index in [0.29, 0.717) is 5.69 Å². The van der Waals surface area contributed by atoms with Crippen molar-refractivity contribution in [2.45, 2.75) is 25.3 Å². The highest BCUT2D eigenvalue weighted by Crippen LogP contribution is 2.46. The number of nitro groups is 3. The van der Waals surface area contributed by atoms with Crippen LogP contribution in [0.15, 0.2) is 83.5 Å². The lowest BCUT2D eigenvalue weighted by molar-refractivity contribution is -0.385. The molecule has 1 fully saturated rings. The highest BCUT2D eigenvalue weighted by atomic mass is 16.6. The maximum Gasteiger partial charge on any atom is 0.269 e. The molecule has 37 heavy (non-hydrogen) atoms. The molecule has 11 nitrogen and oxygen atoms in total. The number of rotatable bonds is 6. The van der Waals surface area contributed by atoms with E-state index in [2.05, 4.69) is 0 Å². The molecule has 0 amide bonds. The van der Waals surface area contributed by atoms with Crippen molar-refractivity contribution in [1.82, 2.24) is 0 Å². The first kappa shape index (κ1) is 23.8. The predicted octanol–water partition coefficient (Wildman–Crippen LogP) is 6.21. The molecule has 1 heterocycles. The van der Waals surface area contributed by atoms with Crippen LogP contribution < -0.4 is 5.01 Å². The van der Waals surface area contributed by atoms with Gasteiger partial charge in [0, 0.05) is 42.3 Å². The molecule has 1 aliphatic heterocycles. The fraction of sp³-hybridized carbons (Fsp3) is 0.192. The van der Waals surface area contributed by atoms with Crippen LogP contribution in [0.4, 0.5) is 22.7 Å². The van der Waals surface area contributed by atoms with Crippen molar-refractivity contribution < 1.29 is 14.8 Å². The number of anilines is 1. The van der Waals surface area contributed by atoms with Crippen molar-refractivity contribution in [2.24, 2.45) is 11.0 Å². The van der Waals surface area contributed by atoms with Crippen LogP contribution in [0.5, 0.6) is 0 Å². The minimum atomic E-state index is -0.460. The van der Waals surface area contributed by atoms with E-state index in [1.165, 1.54) is 36.4 Å². The summed E-state index contributed by atoms with van der Waals surface area (Å²) in [4.78, 5) is 32.0. The summed E-state index contributed by atoms with van der Waals surface area (Å²) in [6.45, 7) is 0. The Balaban J connectivity index is 1.56. The first-order valence-corrected chi connectivity index (χ1v) is 11.6. The second-order valence-corrected chi connectivity index (χ2v) is 8.91. The Morgan fingerprint density at radius 1 is 0.757 bits per heavy atom. The van der Waals surface area contributed by atoms with Gasteiger partial charge in [-0.25, -0.2) is 0 Å². The fourth-order valence-corrected chi connectivity index (χ4v) is 4.96. The maximum atomic E-state index is 11.2. The molecule has 0 saturated heterocycles. The average molecular weight is 499 g/mol. The molecule has 1 saturated carbocycles. The van der Waals surface area contributed by atoms with Crippen molar-refractivity contribution in [1.29, 1.82) is 0 Å². The van der Waals surface area contributed by atoms with Crippen molar-refractivity contribution in [3.63, 3.8) is 0 Å². The van der Waals surface area contributed by atoms with E-state index in [0.717, 1.165) is 41.7 Å². The predicted molar refractivity (Wildman–Crippen MR) is 137 cm³/mol. The lowest BCUT2D eigenvalue weighted by atomic mass is 9.77. The quantitative estimate of drug-likeness (QED) is 0.289. The molecule has 11 heteroatoms. The number of nitro benzene ring substituents is 3. The van der Waals surface area contributed by atoms with Crippen LogP contribution in [0, 0.1) is 36.3 Å². The summed E-state index contributed by atoms with van der Waals surface area (Å²) in [5.41, 5.74) is 4.22. The van der Waals surface area contributed by atoms with Crippen molar-refractivity contribution in [3.8, 4) is 0 Å². The Labute approximate surface area is 210 Å². The Morgan fingerprint density at radius 3 is 1.81 bits per heavy atom. The van der Waals surface area contributed by atoms with E-state index in [4.69, 9.17) is 5.10 Å². The van der Waals surface area contributed by atoms with Gasteiger partial charge in [-0.2, -0.15) is 5.10 Å². The van der Waals surface area contributed by atoms with Gasteiger partial charge in [-0.05, 0) is 66.3 Å². The van der Waals surface area contributed by atoms with E-state index in [-0.39, 0.29) is 29.0 Å². The molecule has 0 radical (unpaired) electrons. The van der Waals surface area contributed by atoms with Crippen LogP contribution in [0.2, 0.25) is 0 Å². The highest BCUT2D eigenvalue weighted by Gasteiger charge is 2.42. The van der Waals surface area contributed by atoms with Gasteiger partial charge < -0.3 is 0 Å². The van der Waals surface area contributed by atoms with Crippen LogP contribution in [0.3, 0.4) is 0 Å². The number of nitrogens with zero attached hydrogens (tertiary/aromatic N) is 5. The molecule has 0 bridgehead atoms. The Morgan fingerprint density at radius 2 is 1.27 bits per heavy atom. The van der Waals surface area contributed by atoms with Gasteiger partial charge in [-0.15, -0.1) is 0 Å². The van der Waals surface area contributed by atoms with Gasteiger partial charge in [-0.3, -0.25) is 35.4 Å². The highest BCUT2D eigenvalue weighted by molar-refractivity contribution is 6.08. The molecule has 0 unspecified atom stereocenters. The molecule has 5 rings (SSSR count). The summed E-state index contributed by atoms with van der Waals surface area (Å²) in [6.07, 6.45) is 4.52. The van der Waals surface area contributed by atoms with Crippen LogP contribution in [-0.4, -0.2) is 20.5 Å². The Hall–Kier alpha value is -4.93. The molecule has 1 aliphatic carbocycles. The SMILES string of the molecule is O=[N+]([O-])c1ccc(/C=C2/CCC[C@H]3C2=NN(c2ccc([N+](=O)[O-])cc2)[C@@H]3c2ccc([N+](=O)[O-])cc2)cc1. The van der Waals surface area contributed by atoms with E-state index < -0.39 is 14.8 Å². The second kappa shape index (κ2) is 9.61. The Kier molecular flexibility index (Phi) is 6.18. The minimum Gasteiger partial charge on any atom is -0.258 e. The summed E-state index contributed by atoms with van der Waals surface area (Å²) in [5.74, 6) is -0.00491. The number of allylic oxidation sites excluding steroid dienone is 1. The molecule has 0 aromatic heterocycles. The third kappa shape index (κ3) is 4.66. The first-order valence-electron chi connectivity index (χ1n) is 11.6. The third-order valence-electron chi connectivity index (χ3n) is 6.72. The van der Waals surface area contributed by atoms with Gasteiger partial charge in [0.25, 0.3) is 17.1 Å². The third-order valence-corrected chi connectivity index (χ3v) is 6.72. The van der Waals surface area contributed by atoms with Gasteiger partial charge in [0.15, 0.2) is 0 Å². The number of hydrogen-bond acceptors (Lipinski definition) is 8. The summed E-state index contributed by atoms with van der Waals surface area (Å²) in [7, 11) is 0. The standard InChI is InChI=1S/C26H21N5O6/c32-29(33)21-8-4-17(5-9-21)16-19-2-1-3-24-25(19)27-28(20-12-14-23(15-13-20)31(36)37)26(24)18-6-10-22(11-7-18)30(34)35/h4-16,24,26H,1-3H2/b19-16-/t24-,26+/m0/s1. The van der Waals surface area contributed by atoms with Gasteiger partial charge in [0.2, 0.25) is 0 Å². The largest absolute Gasteiger partial charge is 0.269 e. The molecule has 2 aliphatic rings. The number of fused-ring (bicyclic) bond motifs is 1. The van der Waals surface area contributed by atoms with Crippen LogP contribution >= 0.6 is 0 Å². The van der Waals surface area contributed by atoms with Gasteiger partial charge in [-0.1, -0.05) is 12.1 Å². The zero-order valence-electron chi connectivity index (χ0n) is 19.5. The van der Waals surface area contributed by atoms with Crippen molar-refractivity contribution >= 4 is 34.5 Å². The fourth-order valence-electron chi connectivity index (χ4n) is 4.96. The average Bonchev–Trinajstić information content (AvgIpc) is 3.30. The van der Waals surface area contributed by atoms with Gasteiger partial charge >= 0.3 is 0 Å². The number of hydrogen-bond donors (Lipinski definition) is 0. The smallest absolute Gasteiger partial charge is 0.258 e. The summed E-state index contributed by atoms with van der Waals surface area (Å²) in [5, 5.41) is 40.1. The topological polar surface area (TPSA) is 145 Å². The van der Waals surface area contributed by atoms with Crippen LogP contribution in [0.1, 0.15) is 36.4 Å². The molecule has 0 N–H and O–H groups in total. The maximum absolute atomic E-state index is 11.2. The molecule has 3 aromatic carbocycles. The number of hydrazone groups is 1. The molecule has 3 aromatic rings. The summed E-state index contributed by atoms with van der Waals surface area (Å²) >= 11 is 0. The first-order chi connectivity index (χ1) is 17.8. The number of benzene rings is 3. The zero-order valence-corrected chi connectivity index (χ0v) is 19.5. The minimum absolute atomic E-state index is 0.00491. The molecule has 2 atom stereocenters. The van der Waals surface area contributed by atoms with Crippen molar-refractivity contribution in [2.75, 3.05) is 5.01 Å². The lowest BCUT2D eigenvalue weighted by Crippen LogP contribution is -2.28. The Bertz CT molecular complexity index is 1430. The molecular weight excluding hydrogens is 478 g/mol. The number of non-ortho nitro benzene ring substituents is 3. The van der Waals surface area contributed by atoms with E-state index in [9.17, 15) is 30.3 Å². The molecule has 0 spiro atoms. The normalized spacial score (nSPS) is 19.8. The molecular formula is C26H21N5O6. The zero-order chi connectivity index (χ0) is 26.1. The van der Waals surface area contributed by atoms with Gasteiger partial charge in [0.1, 0.15) is 0 Å². The summed E-state index contributed by atoms with van der Waals surface area (Å²) in [6, 6.07) is 18.6.